The SMILES string of the molecule is COc1cc(OCc2cccc(-c3ccccc3)c2C)cc(OC)c1CNC1c2ccccc2CC1O. The predicted molar refractivity (Wildman–Crippen MR) is 146 cm³/mol. The molecule has 0 saturated heterocycles. The highest BCUT2D eigenvalue weighted by Crippen LogP contribution is 2.37. The van der Waals surface area contributed by atoms with Crippen LogP contribution in [0.3, 0.4) is 0 Å². The molecule has 0 fully saturated rings. The molecular weight excluding hydrogens is 462 g/mol. The molecule has 4 aromatic carbocycles. The van der Waals surface area contributed by atoms with Gasteiger partial charge in [-0.1, -0.05) is 72.8 Å². The number of aliphatic hydroxyl groups excluding tert-OH is 1. The third kappa shape index (κ3) is 5.19. The van der Waals surface area contributed by atoms with Crippen LogP contribution >= 0.6 is 0 Å². The Kier molecular flexibility index (Phi) is 7.45. The summed E-state index contributed by atoms with van der Waals surface area (Å²) in [5, 5.41) is 14.1. The molecule has 2 N–H and O–H groups in total. The van der Waals surface area contributed by atoms with Gasteiger partial charge >= 0.3 is 0 Å². The van der Waals surface area contributed by atoms with Gasteiger partial charge in [-0.2, -0.15) is 0 Å². The van der Waals surface area contributed by atoms with E-state index in [1.165, 1.54) is 22.3 Å². The Morgan fingerprint density at radius 2 is 1.57 bits per heavy atom. The number of fused-ring (bicyclic) bond motifs is 1. The summed E-state index contributed by atoms with van der Waals surface area (Å²) >= 11 is 0. The summed E-state index contributed by atoms with van der Waals surface area (Å²) in [6.45, 7) is 3.05. The number of nitrogens with one attached hydrogen (secondary N) is 1. The second-order valence-corrected chi connectivity index (χ2v) is 9.38. The molecule has 0 heterocycles. The van der Waals surface area contributed by atoms with Crippen LogP contribution in [0.1, 0.15) is 33.9 Å². The minimum Gasteiger partial charge on any atom is -0.496 e. The number of hydrogen-bond donors (Lipinski definition) is 2. The van der Waals surface area contributed by atoms with Crippen LogP contribution in [0.15, 0.2) is 84.9 Å². The van der Waals surface area contributed by atoms with Crippen molar-refractivity contribution in [3.8, 4) is 28.4 Å². The average molecular weight is 496 g/mol. The molecule has 0 saturated carbocycles. The monoisotopic (exact) mass is 495 g/mol. The van der Waals surface area contributed by atoms with Crippen LogP contribution in [-0.4, -0.2) is 25.4 Å². The van der Waals surface area contributed by atoms with Gasteiger partial charge in [-0.25, -0.2) is 0 Å². The molecule has 2 atom stereocenters. The van der Waals surface area contributed by atoms with E-state index in [1.54, 1.807) is 14.2 Å². The number of methoxy groups -OCH3 is 2. The lowest BCUT2D eigenvalue weighted by molar-refractivity contribution is 0.140. The first-order valence-electron chi connectivity index (χ1n) is 12.6. The molecule has 2 unspecified atom stereocenters. The van der Waals surface area contributed by atoms with E-state index < -0.39 is 6.10 Å². The van der Waals surface area contributed by atoms with Gasteiger partial charge in [0.05, 0.1) is 31.9 Å². The zero-order chi connectivity index (χ0) is 25.8. The summed E-state index contributed by atoms with van der Waals surface area (Å²) in [5.41, 5.74) is 7.92. The Bertz CT molecular complexity index is 1340. The third-order valence-electron chi connectivity index (χ3n) is 7.21. The standard InChI is InChI=1S/C32H33NO4/c1-21-24(13-9-15-26(21)22-10-5-4-6-11-22)20-37-25-17-30(35-2)28(31(18-25)36-3)19-33-32-27-14-8-7-12-23(27)16-29(32)34/h4-15,17-18,29,32-34H,16,19-20H2,1-3H3. The minimum absolute atomic E-state index is 0.138. The first kappa shape index (κ1) is 24.9. The molecule has 0 amide bonds. The highest BCUT2D eigenvalue weighted by Gasteiger charge is 2.30. The van der Waals surface area contributed by atoms with Gasteiger partial charge in [0.2, 0.25) is 0 Å². The largest absolute Gasteiger partial charge is 0.496 e. The van der Waals surface area contributed by atoms with Gasteiger partial charge in [-0.3, -0.25) is 0 Å². The minimum atomic E-state index is -0.466. The zero-order valence-corrected chi connectivity index (χ0v) is 21.5. The second kappa shape index (κ2) is 11.1. The van der Waals surface area contributed by atoms with Crippen molar-refractivity contribution in [3.05, 3.63) is 113 Å². The average Bonchev–Trinajstić information content (AvgIpc) is 3.26. The third-order valence-corrected chi connectivity index (χ3v) is 7.21. The van der Waals surface area contributed by atoms with Crippen LogP contribution in [0.5, 0.6) is 17.2 Å². The summed E-state index contributed by atoms with van der Waals surface area (Å²) in [6, 6.07) is 28.5. The fourth-order valence-electron chi connectivity index (χ4n) is 5.18. The Morgan fingerprint density at radius 3 is 2.30 bits per heavy atom. The van der Waals surface area contributed by atoms with Crippen molar-refractivity contribution in [1.82, 2.24) is 5.32 Å². The molecule has 0 aliphatic heterocycles. The Hall–Kier alpha value is -3.80. The number of hydrogen-bond acceptors (Lipinski definition) is 5. The summed E-state index contributed by atoms with van der Waals surface area (Å²) in [7, 11) is 3.30. The van der Waals surface area contributed by atoms with Crippen molar-refractivity contribution in [1.29, 1.82) is 0 Å². The number of aliphatic hydroxyl groups is 1. The van der Waals surface area contributed by atoms with E-state index in [-0.39, 0.29) is 6.04 Å². The molecule has 0 aromatic heterocycles. The van der Waals surface area contributed by atoms with Gasteiger partial charge in [-0.05, 0) is 40.3 Å². The fraction of sp³-hybridized carbons (Fsp3) is 0.250. The van der Waals surface area contributed by atoms with Gasteiger partial charge in [0.25, 0.3) is 0 Å². The molecule has 5 rings (SSSR count). The van der Waals surface area contributed by atoms with Crippen molar-refractivity contribution in [2.75, 3.05) is 14.2 Å². The summed E-state index contributed by atoms with van der Waals surface area (Å²) in [6.07, 6.45) is 0.187. The van der Waals surface area contributed by atoms with Crippen LogP contribution < -0.4 is 19.5 Å². The lowest BCUT2D eigenvalue weighted by atomic mass is 9.97. The second-order valence-electron chi connectivity index (χ2n) is 9.38. The van der Waals surface area contributed by atoms with Gasteiger partial charge in [-0.15, -0.1) is 0 Å². The number of rotatable bonds is 9. The zero-order valence-electron chi connectivity index (χ0n) is 21.5. The maximum absolute atomic E-state index is 10.6. The topological polar surface area (TPSA) is 60.0 Å². The number of ether oxygens (including phenoxy) is 3. The van der Waals surface area contributed by atoms with Crippen molar-refractivity contribution in [2.24, 2.45) is 0 Å². The summed E-state index contributed by atoms with van der Waals surface area (Å²) in [4.78, 5) is 0. The van der Waals surface area contributed by atoms with Crippen molar-refractivity contribution in [2.45, 2.75) is 38.6 Å². The van der Waals surface area contributed by atoms with E-state index in [0.717, 1.165) is 16.7 Å². The van der Waals surface area contributed by atoms with E-state index >= 15 is 0 Å². The van der Waals surface area contributed by atoms with Crippen molar-refractivity contribution < 1.29 is 19.3 Å². The molecule has 5 nitrogen and oxygen atoms in total. The molecule has 4 aromatic rings. The predicted octanol–water partition coefficient (Wildman–Crippen LogP) is 6.01. The molecule has 0 radical (unpaired) electrons. The summed E-state index contributed by atoms with van der Waals surface area (Å²) < 4.78 is 17.7. The van der Waals surface area contributed by atoms with Gasteiger partial charge < -0.3 is 24.6 Å². The first-order valence-corrected chi connectivity index (χ1v) is 12.6. The Labute approximate surface area is 218 Å². The van der Waals surface area contributed by atoms with Gasteiger partial charge in [0.1, 0.15) is 23.9 Å². The van der Waals surface area contributed by atoms with E-state index in [1.807, 2.05) is 30.3 Å². The molecule has 1 aliphatic carbocycles. The van der Waals surface area contributed by atoms with Crippen molar-refractivity contribution in [3.63, 3.8) is 0 Å². The normalized spacial score (nSPS) is 16.3. The van der Waals surface area contributed by atoms with E-state index in [2.05, 4.69) is 66.8 Å². The van der Waals surface area contributed by atoms with Crippen molar-refractivity contribution >= 4 is 0 Å². The smallest absolute Gasteiger partial charge is 0.130 e. The molecular formula is C32H33NO4. The molecule has 1 aliphatic rings. The Balaban J connectivity index is 1.33. The molecule has 0 spiro atoms. The van der Waals surface area contributed by atoms with Crippen LogP contribution in [0.2, 0.25) is 0 Å². The highest BCUT2D eigenvalue weighted by atomic mass is 16.5. The lowest BCUT2D eigenvalue weighted by Gasteiger charge is -2.21. The quantitative estimate of drug-likeness (QED) is 0.298. The highest BCUT2D eigenvalue weighted by molar-refractivity contribution is 5.68. The molecule has 37 heavy (non-hydrogen) atoms. The molecule has 0 bridgehead atoms. The van der Waals surface area contributed by atoms with Gasteiger partial charge in [0.15, 0.2) is 0 Å². The van der Waals surface area contributed by atoms with Crippen LogP contribution in [0.4, 0.5) is 0 Å². The van der Waals surface area contributed by atoms with Crippen LogP contribution in [0.25, 0.3) is 11.1 Å². The van der Waals surface area contributed by atoms with Gasteiger partial charge in [0, 0.05) is 25.1 Å². The molecule has 190 valence electrons. The maximum Gasteiger partial charge on any atom is 0.130 e. The first-order chi connectivity index (χ1) is 18.1. The maximum atomic E-state index is 10.6. The summed E-state index contributed by atoms with van der Waals surface area (Å²) in [5.74, 6) is 2.03. The van der Waals surface area contributed by atoms with E-state index in [9.17, 15) is 5.11 Å². The Morgan fingerprint density at radius 1 is 0.865 bits per heavy atom. The number of benzene rings is 4. The molecule has 5 heteroatoms. The lowest BCUT2D eigenvalue weighted by Crippen LogP contribution is -2.28. The van der Waals surface area contributed by atoms with Crippen LogP contribution in [0, 0.1) is 6.92 Å². The van der Waals surface area contributed by atoms with E-state index in [0.29, 0.717) is 36.8 Å². The van der Waals surface area contributed by atoms with E-state index in [4.69, 9.17) is 14.2 Å². The van der Waals surface area contributed by atoms with Crippen LogP contribution in [-0.2, 0) is 19.6 Å². The fourth-order valence-corrected chi connectivity index (χ4v) is 5.18.